The summed E-state index contributed by atoms with van der Waals surface area (Å²) in [5.74, 6) is -1.99. The number of sulfone groups is 1. The molecule has 1 fully saturated rings. The lowest BCUT2D eigenvalue weighted by Gasteiger charge is -2.37. The number of carbonyl (C=O) groups excluding carboxylic acids is 2. The van der Waals surface area contributed by atoms with E-state index in [1.165, 1.54) is 0 Å². The van der Waals surface area contributed by atoms with Crippen LogP contribution < -0.4 is 28.3 Å². The number of amidine groups is 1. The van der Waals surface area contributed by atoms with Gasteiger partial charge < -0.3 is 33.2 Å². The monoisotopic (exact) mass is 556 g/mol. The van der Waals surface area contributed by atoms with Crippen molar-refractivity contribution in [1.82, 2.24) is 10.2 Å². The topological polar surface area (TPSA) is 224 Å². The quantitative estimate of drug-likeness (QED) is 0.117. The molecule has 210 valence electrons. The van der Waals surface area contributed by atoms with E-state index >= 15 is 0 Å². The number of aliphatic imine (C=N–C) groups is 1. The van der Waals surface area contributed by atoms with Crippen molar-refractivity contribution in [3.05, 3.63) is 71.3 Å². The number of rotatable bonds is 12. The van der Waals surface area contributed by atoms with E-state index < -0.39 is 38.3 Å². The molecule has 0 bridgehead atoms. The van der Waals surface area contributed by atoms with Gasteiger partial charge in [0, 0.05) is 25.2 Å². The molecule has 1 aliphatic heterocycles. The normalized spacial score (nSPS) is 17.8. The highest BCUT2D eigenvalue weighted by atomic mass is 32.2. The summed E-state index contributed by atoms with van der Waals surface area (Å²) in [4.78, 5) is 30.2. The molecule has 1 heterocycles. The zero-order valence-corrected chi connectivity index (χ0v) is 22.5. The summed E-state index contributed by atoms with van der Waals surface area (Å²) in [5.41, 5.74) is 24.1. The summed E-state index contributed by atoms with van der Waals surface area (Å²) in [6.07, 6.45) is 0.890. The number of hydrogen-bond donors (Lipinski definition) is 6. The van der Waals surface area contributed by atoms with Gasteiger partial charge in [0.1, 0.15) is 5.84 Å². The van der Waals surface area contributed by atoms with Gasteiger partial charge in [-0.2, -0.15) is 0 Å². The van der Waals surface area contributed by atoms with E-state index in [1.54, 1.807) is 54.6 Å². The summed E-state index contributed by atoms with van der Waals surface area (Å²) in [5, 5.41) is 10.2. The van der Waals surface area contributed by atoms with Gasteiger partial charge in [0.05, 0.1) is 11.8 Å². The Bertz CT molecular complexity index is 1310. The lowest BCUT2D eigenvalue weighted by atomic mass is 10.1. The maximum Gasteiger partial charge on any atom is 0.262 e. The minimum Gasteiger partial charge on any atom is -0.384 e. The summed E-state index contributed by atoms with van der Waals surface area (Å²) in [7, 11) is -4.22. The third kappa shape index (κ3) is 6.92. The van der Waals surface area contributed by atoms with Crippen LogP contribution in [0.4, 0.5) is 0 Å². The molecule has 0 unspecified atom stereocenters. The van der Waals surface area contributed by atoms with Crippen molar-refractivity contribution in [1.29, 1.82) is 5.41 Å². The van der Waals surface area contributed by atoms with E-state index in [1.807, 2.05) is 0 Å². The summed E-state index contributed by atoms with van der Waals surface area (Å²) >= 11 is 0. The van der Waals surface area contributed by atoms with Crippen LogP contribution in [0.5, 0.6) is 0 Å². The number of likely N-dealkylation sites (tertiary alicyclic amines) is 1. The Morgan fingerprint density at radius 1 is 1.05 bits per heavy atom. The van der Waals surface area contributed by atoms with Crippen molar-refractivity contribution in [3.8, 4) is 0 Å². The number of carbonyl (C=O) groups is 2. The first-order valence-corrected chi connectivity index (χ1v) is 14.2. The number of guanidine groups is 1. The molecule has 0 spiro atoms. The highest BCUT2D eigenvalue weighted by Gasteiger charge is 2.59. The van der Waals surface area contributed by atoms with E-state index in [-0.39, 0.29) is 44.3 Å². The van der Waals surface area contributed by atoms with Gasteiger partial charge in [0.2, 0.25) is 10.8 Å². The number of nitrogens with one attached hydrogen (secondary N) is 2. The molecule has 2 amide bonds. The molecule has 0 radical (unpaired) electrons. The lowest BCUT2D eigenvalue weighted by Crippen LogP contribution is -2.64. The molecule has 1 aliphatic rings. The predicted molar refractivity (Wildman–Crippen MR) is 150 cm³/mol. The Kier molecular flexibility index (Phi) is 9.65. The third-order valence-electron chi connectivity index (χ3n) is 6.67. The molecule has 2 aromatic carbocycles. The van der Waals surface area contributed by atoms with Crippen molar-refractivity contribution in [2.75, 3.05) is 13.1 Å². The standard InChI is InChI=1S/C26H36N8O4S/c27-21(8-4-14-32-25(30)31)23(35)34-15-5-13-26(34,39(37,38)17-19-6-2-1-3-7-19)24(36)33-16-18-9-11-20(12-10-18)22(28)29/h1-3,6-7,9-12,21H,4-5,8,13-17,27H2,(H3,28,29)(H,33,36)(H4,30,31,32)/t21-,26+/m0/s1. The van der Waals surface area contributed by atoms with Crippen molar-refractivity contribution in [2.45, 2.75) is 48.9 Å². The maximum atomic E-state index is 14.0. The van der Waals surface area contributed by atoms with Crippen molar-refractivity contribution < 1.29 is 18.0 Å². The number of benzene rings is 2. The van der Waals surface area contributed by atoms with Crippen molar-refractivity contribution in [2.24, 2.45) is 27.9 Å². The molecule has 2 aromatic rings. The largest absolute Gasteiger partial charge is 0.384 e. The predicted octanol–water partition coefficient (Wildman–Crippen LogP) is -0.0985. The summed E-state index contributed by atoms with van der Waals surface area (Å²) in [6.45, 7) is 0.366. The van der Waals surface area contributed by atoms with Crippen LogP contribution in [0.1, 0.15) is 42.4 Å². The molecular formula is C26H36N8O4S. The van der Waals surface area contributed by atoms with Crippen LogP contribution in [0.25, 0.3) is 0 Å². The smallest absolute Gasteiger partial charge is 0.262 e. The highest BCUT2D eigenvalue weighted by molar-refractivity contribution is 7.92. The first kappa shape index (κ1) is 29.6. The Morgan fingerprint density at radius 3 is 2.33 bits per heavy atom. The van der Waals surface area contributed by atoms with Gasteiger partial charge in [0.15, 0.2) is 15.8 Å². The molecular weight excluding hydrogens is 520 g/mol. The van der Waals surface area contributed by atoms with Gasteiger partial charge in [-0.1, -0.05) is 54.6 Å². The first-order chi connectivity index (χ1) is 18.5. The number of nitrogens with two attached hydrogens (primary N) is 4. The van der Waals surface area contributed by atoms with Gasteiger partial charge in [-0.25, -0.2) is 8.42 Å². The van der Waals surface area contributed by atoms with E-state index in [9.17, 15) is 18.0 Å². The fraction of sp³-hybridized carbons (Fsp3) is 0.385. The molecule has 0 aliphatic carbocycles. The van der Waals surface area contributed by atoms with Gasteiger partial charge in [-0.05, 0) is 36.8 Å². The van der Waals surface area contributed by atoms with Gasteiger partial charge in [-0.15, -0.1) is 0 Å². The van der Waals surface area contributed by atoms with Crippen LogP contribution in [0.2, 0.25) is 0 Å². The van der Waals surface area contributed by atoms with Gasteiger partial charge >= 0.3 is 0 Å². The number of amides is 2. The zero-order valence-electron chi connectivity index (χ0n) is 21.7. The van der Waals surface area contributed by atoms with E-state index in [0.29, 0.717) is 29.5 Å². The van der Waals surface area contributed by atoms with E-state index in [4.69, 9.17) is 28.3 Å². The third-order valence-corrected chi connectivity index (χ3v) is 9.02. The Labute approximate surface area is 228 Å². The Morgan fingerprint density at radius 2 is 1.72 bits per heavy atom. The number of nitrogens with zero attached hydrogens (tertiary/aromatic N) is 2. The minimum absolute atomic E-state index is 0.0201. The summed E-state index contributed by atoms with van der Waals surface area (Å²) < 4.78 is 28.0. The second-order valence-electron chi connectivity index (χ2n) is 9.47. The Balaban J connectivity index is 1.89. The second kappa shape index (κ2) is 12.7. The average molecular weight is 557 g/mol. The molecule has 10 N–H and O–H groups in total. The molecule has 0 saturated carbocycles. The molecule has 12 nitrogen and oxygen atoms in total. The Hall–Kier alpha value is -3.97. The SMILES string of the molecule is N=C(N)c1ccc(CNC(=O)[C@]2(S(=O)(=O)Cc3ccccc3)CCCN2C(=O)[C@@H](N)CCCN=C(N)N)cc1. The van der Waals surface area contributed by atoms with Crippen LogP contribution in [0.3, 0.4) is 0 Å². The lowest BCUT2D eigenvalue weighted by molar-refractivity contribution is -0.141. The van der Waals surface area contributed by atoms with Gasteiger partial charge in [-0.3, -0.25) is 20.0 Å². The van der Waals surface area contributed by atoms with Crippen LogP contribution in [0, 0.1) is 5.41 Å². The fourth-order valence-electron chi connectivity index (χ4n) is 4.66. The average Bonchev–Trinajstić information content (AvgIpc) is 3.37. The molecule has 0 aromatic heterocycles. The number of nitrogen functional groups attached to an aromatic ring is 1. The molecule has 3 rings (SSSR count). The van der Waals surface area contributed by atoms with Crippen LogP contribution in [0.15, 0.2) is 59.6 Å². The maximum absolute atomic E-state index is 14.0. The van der Waals surface area contributed by atoms with Crippen LogP contribution >= 0.6 is 0 Å². The van der Waals surface area contributed by atoms with E-state index in [0.717, 1.165) is 4.90 Å². The molecule has 13 heteroatoms. The molecule has 1 saturated heterocycles. The number of hydrogen-bond acceptors (Lipinski definition) is 7. The second-order valence-corrected chi connectivity index (χ2v) is 11.7. The molecule has 2 atom stereocenters. The van der Waals surface area contributed by atoms with Crippen LogP contribution in [-0.2, 0) is 31.7 Å². The van der Waals surface area contributed by atoms with Crippen LogP contribution in [-0.4, -0.2) is 60.9 Å². The first-order valence-electron chi connectivity index (χ1n) is 12.6. The van der Waals surface area contributed by atoms with Gasteiger partial charge in [0.25, 0.3) is 5.91 Å². The minimum atomic E-state index is -4.22. The van der Waals surface area contributed by atoms with E-state index in [2.05, 4.69) is 10.3 Å². The summed E-state index contributed by atoms with van der Waals surface area (Å²) in [6, 6.07) is 14.1. The fourth-order valence-corrected chi connectivity index (χ4v) is 6.86. The van der Waals surface area contributed by atoms with Crippen molar-refractivity contribution in [3.63, 3.8) is 0 Å². The van der Waals surface area contributed by atoms with Crippen molar-refractivity contribution >= 4 is 33.4 Å². The zero-order chi connectivity index (χ0) is 28.6. The molecule has 39 heavy (non-hydrogen) atoms. The highest BCUT2D eigenvalue weighted by Crippen LogP contribution is 2.38.